The van der Waals surface area contributed by atoms with E-state index in [0.29, 0.717) is 6.61 Å². The van der Waals surface area contributed by atoms with Crippen molar-refractivity contribution in [3.05, 3.63) is 42.2 Å². The van der Waals surface area contributed by atoms with Gasteiger partial charge in [0.1, 0.15) is 17.9 Å². The summed E-state index contributed by atoms with van der Waals surface area (Å²) >= 11 is 0. The number of hydrogen-bond donors (Lipinski definition) is 1. The summed E-state index contributed by atoms with van der Waals surface area (Å²) in [7, 11) is 0. The van der Waals surface area contributed by atoms with E-state index in [9.17, 15) is 0 Å². The van der Waals surface area contributed by atoms with E-state index in [1.54, 1.807) is 6.33 Å². The molecular weight excluding hydrogens is 304 g/mol. The van der Waals surface area contributed by atoms with Crippen LogP contribution in [-0.4, -0.2) is 21.4 Å². The molecule has 4 rings (SSSR count). The second-order valence-electron chi connectivity index (χ2n) is 6.18. The van der Waals surface area contributed by atoms with E-state index >= 15 is 0 Å². The van der Waals surface area contributed by atoms with Crippen molar-refractivity contribution in [1.82, 2.24) is 20.1 Å². The number of aryl methyl sites for hydroxylation is 1. The predicted octanol–water partition coefficient (Wildman–Crippen LogP) is 3.61. The standard InChI is InChI=1S/C18H22N4O2/c1-3-23-15-8-4-6-13-10-16(24-17(13)15)12(2)21-14-7-5-9-22-18(14)19-11-20-22/h4,6,8,10-12,14,21H,3,5,7,9H2,1-2H3. The Balaban J connectivity index is 1.58. The number of fused-ring (bicyclic) bond motifs is 2. The van der Waals surface area contributed by atoms with Gasteiger partial charge < -0.3 is 9.15 Å². The molecule has 3 heterocycles. The van der Waals surface area contributed by atoms with Crippen molar-refractivity contribution in [3.63, 3.8) is 0 Å². The van der Waals surface area contributed by atoms with Crippen molar-refractivity contribution in [2.75, 3.05) is 6.61 Å². The summed E-state index contributed by atoms with van der Waals surface area (Å²) in [6, 6.07) is 8.36. The first-order valence-corrected chi connectivity index (χ1v) is 8.55. The lowest BCUT2D eigenvalue weighted by molar-refractivity contribution is 0.319. The number of nitrogens with one attached hydrogen (secondary N) is 1. The molecule has 0 amide bonds. The topological polar surface area (TPSA) is 65.1 Å². The highest BCUT2D eigenvalue weighted by Gasteiger charge is 2.25. The van der Waals surface area contributed by atoms with Crippen molar-refractivity contribution < 1.29 is 9.15 Å². The van der Waals surface area contributed by atoms with Crippen molar-refractivity contribution in [2.24, 2.45) is 0 Å². The molecule has 24 heavy (non-hydrogen) atoms. The molecule has 0 saturated carbocycles. The van der Waals surface area contributed by atoms with Gasteiger partial charge in [-0.15, -0.1) is 0 Å². The van der Waals surface area contributed by atoms with Crippen LogP contribution < -0.4 is 10.1 Å². The zero-order chi connectivity index (χ0) is 16.5. The Hall–Kier alpha value is -2.34. The molecular formula is C18H22N4O2. The molecule has 0 fully saturated rings. The third kappa shape index (κ3) is 2.67. The Morgan fingerprint density at radius 3 is 3.25 bits per heavy atom. The fourth-order valence-corrected chi connectivity index (χ4v) is 3.37. The molecule has 0 radical (unpaired) electrons. The van der Waals surface area contributed by atoms with E-state index < -0.39 is 0 Å². The van der Waals surface area contributed by atoms with E-state index in [2.05, 4.69) is 34.5 Å². The van der Waals surface area contributed by atoms with Crippen LogP contribution in [0.5, 0.6) is 5.75 Å². The molecule has 126 valence electrons. The summed E-state index contributed by atoms with van der Waals surface area (Å²) in [6.07, 6.45) is 3.80. The molecule has 0 saturated heterocycles. The molecule has 0 aliphatic carbocycles. The second kappa shape index (κ2) is 6.28. The molecule has 3 aromatic rings. The minimum Gasteiger partial charge on any atom is -0.490 e. The van der Waals surface area contributed by atoms with Crippen LogP contribution in [0.2, 0.25) is 0 Å². The zero-order valence-corrected chi connectivity index (χ0v) is 14.0. The van der Waals surface area contributed by atoms with Crippen LogP contribution in [0, 0.1) is 0 Å². The van der Waals surface area contributed by atoms with Crippen molar-refractivity contribution in [1.29, 1.82) is 0 Å². The maximum Gasteiger partial charge on any atom is 0.176 e. The van der Waals surface area contributed by atoms with Gasteiger partial charge in [-0.3, -0.25) is 5.32 Å². The van der Waals surface area contributed by atoms with Gasteiger partial charge >= 0.3 is 0 Å². The van der Waals surface area contributed by atoms with Gasteiger partial charge in [0, 0.05) is 11.9 Å². The lowest BCUT2D eigenvalue weighted by Crippen LogP contribution is -2.30. The Labute approximate surface area is 140 Å². The smallest absolute Gasteiger partial charge is 0.176 e. The lowest BCUT2D eigenvalue weighted by Gasteiger charge is -2.25. The van der Waals surface area contributed by atoms with E-state index in [1.807, 2.05) is 23.7 Å². The number of hydrogen-bond acceptors (Lipinski definition) is 5. The van der Waals surface area contributed by atoms with Gasteiger partial charge in [-0.25, -0.2) is 9.67 Å². The van der Waals surface area contributed by atoms with Gasteiger partial charge in [0.15, 0.2) is 11.3 Å². The maximum absolute atomic E-state index is 6.09. The molecule has 0 spiro atoms. The van der Waals surface area contributed by atoms with Crippen LogP contribution in [0.1, 0.15) is 50.4 Å². The van der Waals surface area contributed by atoms with Crippen molar-refractivity contribution >= 4 is 11.0 Å². The number of ether oxygens (including phenoxy) is 1. The van der Waals surface area contributed by atoms with E-state index in [1.165, 1.54) is 0 Å². The number of benzene rings is 1. The fourth-order valence-electron chi connectivity index (χ4n) is 3.37. The molecule has 2 aromatic heterocycles. The summed E-state index contributed by atoms with van der Waals surface area (Å²) in [5.41, 5.74) is 0.815. The molecule has 1 aromatic carbocycles. The van der Waals surface area contributed by atoms with Crippen molar-refractivity contribution in [2.45, 2.75) is 45.3 Å². The van der Waals surface area contributed by atoms with Crippen LogP contribution in [-0.2, 0) is 6.54 Å². The third-order valence-corrected chi connectivity index (χ3v) is 4.52. The first kappa shape index (κ1) is 15.2. The molecule has 2 atom stereocenters. The van der Waals surface area contributed by atoms with E-state index in [-0.39, 0.29) is 12.1 Å². The number of nitrogens with zero attached hydrogens (tertiary/aromatic N) is 3. The van der Waals surface area contributed by atoms with Crippen LogP contribution in [0.3, 0.4) is 0 Å². The molecule has 1 aliphatic heterocycles. The molecule has 0 bridgehead atoms. The van der Waals surface area contributed by atoms with Gasteiger partial charge in [-0.05, 0) is 38.8 Å². The summed E-state index contributed by atoms with van der Waals surface area (Å²) in [4.78, 5) is 4.40. The molecule has 1 N–H and O–H groups in total. The normalized spacial score (nSPS) is 18.5. The van der Waals surface area contributed by atoms with Gasteiger partial charge in [-0.1, -0.05) is 12.1 Å². The molecule has 1 aliphatic rings. The molecule has 6 nitrogen and oxygen atoms in total. The SMILES string of the molecule is CCOc1cccc2cc(C(C)NC3CCCn4ncnc43)oc12. The van der Waals surface area contributed by atoms with Crippen molar-refractivity contribution in [3.8, 4) is 5.75 Å². The van der Waals surface area contributed by atoms with E-state index in [4.69, 9.17) is 9.15 Å². The number of rotatable bonds is 5. The summed E-state index contributed by atoms with van der Waals surface area (Å²) in [5.74, 6) is 2.72. The fraction of sp³-hybridized carbons (Fsp3) is 0.444. The van der Waals surface area contributed by atoms with Crippen LogP contribution in [0.25, 0.3) is 11.0 Å². The highest BCUT2D eigenvalue weighted by atomic mass is 16.5. The quantitative estimate of drug-likeness (QED) is 0.776. The molecule has 6 heteroatoms. The summed E-state index contributed by atoms with van der Waals surface area (Å²) < 4.78 is 13.7. The Morgan fingerprint density at radius 2 is 2.38 bits per heavy atom. The Bertz CT molecular complexity index is 839. The van der Waals surface area contributed by atoms with Gasteiger partial charge in [0.25, 0.3) is 0 Å². The van der Waals surface area contributed by atoms with Crippen LogP contribution in [0.4, 0.5) is 0 Å². The maximum atomic E-state index is 6.09. The molecule has 2 unspecified atom stereocenters. The first-order valence-electron chi connectivity index (χ1n) is 8.55. The van der Waals surface area contributed by atoms with E-state index in [0.717, 1.165) is 47.7 Å². The number of para-hydroxylation sites is 1. The minimum absolute atomic E-state index is 0.0835. The highest BCUT2D eigenvalue weighted by molar-refractivity contribution is 5.83. The van der Waals surface area contributed by atoms with Gasteiger partial charge in [0.2, 0.25) is 0 Å². The first-order chi connectivity index (χ1) is 11.8. The average Bonchev–Trinajstić information content (AvgIpc) is 3.22. The third-order valence-electron chi connectivity index (χ3n) is 4.52. The van der Waals surface area contributed by atoms with Gasteiger partial charge in [0.05, 0.1) is 18.7 Å². The monoisotopic (exact) mass is 326 g/mol. The minimum atomic E-state index is 0.0835. The Morgan fingerprint density at radius 1 is 1.46 bits per heavy atom. The predicted molar refractivity (Wildman–Crippen MR) is 90.9 cm³/mol. The van der Waals surface area contributed by atoms with Crippen LogP contribution >= 0.6 is 0 Å². The van der Waals surface area contributed by atoms with Gasteiger partial charge in [-0.2, -0.15) is 5.10 Å². The van der Waals surface area contributed by atoms with Crippen LogP contribution in [0.15, 0.2) is 35.0 Å². The Kier molecular flexibility index (Phi) is 3.98. The number of aromatic nitrogens is 3. The second-order valence-corrected chi connectivity index (χ2v) is 6.18. The largest absolute Gasteiger partial charge is 0.490 e. The summed E-state index contributed by atoms with van der Waals surface area (Å²) in [6.45, 7) is 5.67. The average molecular weight is 326 g/mol. The number of furan rings is 1. The lowest BCUT2D eigenvalue weighted by atomic mass is 10.1. The highest BCUT2D eigenvalue weighted by Crippen LogP contribution is 2.32. The summed E-state index contributed by atoms with van der Waals surface area (Å²) in [5, 5.41) is 8.98. The zero-order valence-electron chi connectivity index (χ0n) is 14.0.